The van der Waals surface area contributed by atoms with Crippen LogP contribution in [0.5, 0.6) is 0 Å². The van der Waals surface area contributed by atoms with Crippen molar-refractivity contribution in [3.05, 3.63) is 34.7 Å². The first kappa shape index (κ1) is 11.6. The van der Waals surface area contributed by atoms with Crippen molar-refractivity contribution < 1.29 is 14.7 Å². The molecule has 0 saturated carbocycles. The smallest absolute Gasteiger partial charge is 0.322 e. The first-order valence-electron chi connectivity index (χ1n) is 5.07. The van der Waals surface area contributed by atoms with Crippen LogP contribution in [0.15, 0.2) is 24.3 Å². The maximum absolute atomic E-state index is 11.8. The summed E-state index contributed by atoms with van der Waals surface area (Å²) < 4.78 is 1.03. The Balaban J connectivity index is 2.32. The molecule has 17 heavy (non-hydrogen) atoms. The van der Waals surface area contributed by atoms with E-state index >= 15 is 0 Å². The van der Waals surface area contributed by atoms with E-state index in [4.69, 9.17) is 5.11 Å². The van der Waals surface area contributed by atoms with E-state index in [9.17, 15) is 9.59 Å². The van der Waals surface area contributed by atoms with E-state index in [-0.39, 0.29) is 12.5 Å². The van der Waals surface area contributed by atoms with Crippen LogP contribution in [0.3, 0.4) is 0 Å². The third-order valence-electron chi connectivity index (χ3n) is 2.45. The first-order valence-corrected chi connectivity index (χ1v) is 5.89. The number of benzene rings is 1. The summed E-state index contributed by atoms with van der Waals surface area (Å²) in [5.74, 6) is -1.37. The number of fused-ring (bicyclic) bond motifs is 1. The molecule has 88 valence electrons. The average molecular weight is 249 g/mol. The highest BCUT2D eigenvalue weighted by Crippen LogP contribution is 2.30. The van der Waals surface area contributed by atoms with Gasteiger partial charge in [0.25, 0.3) is 5.91 Å². The molecule has 1 amide bonds. The Morgan fingerprint density at radius 2 is 2.06 bits per heavy atom. The van der Waals surface area contributed by atoms with Crippen molar-refractivity contribution in [3.8, 4) is 0 Å². The van der Waals surface area contributed by atoms with Gasteiger partial charge in [-0.2, -0.15) is 0 Å². The number of aliphatic carboxylic acids is 1. The lowest BCUT2D eigenvalue weighted by atomic mass is 10.1. The van der Waals surface area contributed by atoms with E-state index in [0.717, 1.165) is 15.6 Å². The van der Waals surface area contributed by atoms with Gasteiger partial charge in [0.1, 0.15) is 6.54 Å². The second-order valence-electron chi connectivity index (χ2n) is 3.63. The van der Waals surface area contributed by atoms with E-state index in [0.29, 0.717) is 4.88 Å². The first-order chi connectivity index (χ1) is 8.09. The Morgan fingerprint density at radius 1 is 1.35 bits per heavy atom. The van der Waals surface area contributed by atoms with Gasteiger partial charge < -0.3 is 10.4 Å². The third-order valence-corrected chi connectivity index (χ3v) is 3.72. The van der Waals surface area contributed by atoms with Crippen LogP contribution < -0.4 is 5.32 Å². The molecule has 1 aromatic heterocycles. The van der Waals surface area contributed by atoms with Crippen LogP contribution in [0.1, 0.15) is 15.2 Å². The number of hydrogen-bond acceptors (Lipinski definition) is 3. The van der Waals surface area contributed by atoms with Crippen molar-refractivity contribution in [3.63, 3.8) is 0 Å². The van der Waals surface area contributed by atoms with Gasteiger partial charge >= 0.3 is 5.97 Å². The SMILES string of the molecule is Cc1c(C(=O)NCC(=O)O)sc2ccccc12. The molecule has 0 spiro atoms. The number of thiophene rings is 1. The van der Waals surface area contributed by atoms with Crippen molar-refractivity contribution in [2.45, 2.75) is 6.92 Å². The van der Waals surface area contributed by atoms with Crippen molar-refractivity contribution in [1.82, 2.24) is 5.32 Å². The molecule has 0 aliphatic heterocycles. The van der Waals surface area contributed by atoms with Gasteiger partial charge in [0.05, 0.1) is 4.88 Å². The van der Waals surface area contributed by atoms with E-state index < -0.39 is 5.97 Å². The van der Waals surface area contributed by atoms with Crippen LogP contribution in [0, 0.1) is 6.92 Å². The molecule has 5 heteroatoms. The predicted molar refractivity (Wildman–Crippen MR) is 66.5 cm³/mol. The van der Waals surface area contributed by atoms with Gasteiger partial charge in [-0.05, 0) is 23.9 Å². The lowest BCUT2D eigenvalue weighted by molar-refractivity contribution is -0.135. The van der Waals surface area contributed by atoms with Gasteiger partial charge in [0, 0.05) is 4.70 Å². The second-order valence-corrected chi connectivity index (χ2v) is 4.68. The zero-order chi connectivity index (χ0) is 12.4. The van der Waals surface area contributed by atoms with Gasteiger partial charge in [-0.25, -0.2) is 0 Å². The monoisotopic (exact) mass is 249 g/mol. The largest absolute Gasteiger partial charge is 0.480 e. The van der Waals surface area contributed by atoms with Crippen molar-refractivity contribution in [1.29, 1.82) is 0 Å². The Morgan fingerprint density at radius 3 is 2.71 bits per heavy atom. The minimum absolute atomic E-state index is 0.328. The maximum Gasteiger partial charge on any atom is 0.322 e. The van der Waals surface area contributed by atoms with Crippen LogP contribution in [0.2, 0.25) is 0 Å². The number of nitrogens with one attached hydrogen (secondary N) is 1. The highest BCUT2D eigenvalue weighted by Gasteiger charge is 2.15. The molecule has 0 radical (unpaired) electrons. The van der Waals surface area contributed by atoms with Crippen LogP contribution in [-0.2, 0) is 4.79 Å². The van der Waals surface area contributed by atoms with Crippen molar-refractivity contribution >= 4 is 33.3 Å². The number of carboxylic acids is 1. The quantitative estimate of drug-likeness (QED) is 0.874. The number of carbonyl (C=O) groups excluding carboxylic acids is 1. The summed E-state index contributed by atoms with van der Waals surface area (Å²) in [4.78, 5) is 22.7. The Kier molecular flexibility index (Phi) is 3.10. The molecule has 0 aliphatic carbocycles. The molecule has 0 atom stereocenters. The Labute approximate surface area is 102 Å². The lowest BCUT2D eigenvalue weighted by Gasteiger charge is -2.00. The number of amides is 1. The molecule has 2 rings (SSSR count). The highest BCUT2D eigenvalue weighted by atomic mass is 32.1. The number of carbonyl (C=O) groups is 2. The highest BCUT2D eigenvalue weighted by molar-refractivity contribution is 7.21. The van der Waals surface area contributed by atoms with E-state index in [2.05, 4.69) is 5.32 Å². The predicted octanol–water partition coefficient (Wildman–Crippen LogP) is 2.02. The molecule has 2 N–H and O–H groups in total. The third kappa shape index (κ3) is 2.29. The standard InChI is InChI=1S/C12H11NO3S/c1-7-8-4-2-3-5-9(8)17-11(7)12(16)13-6-10(14)15/h2-5H,6H2,1H3,(H,13,16)(H,14,15). The van der Waals surface area contributed by atoms with Gasteiger partial charge in [-0.3, -0.25) is 9.59 Å². The fourth-order valence-corrected chi connectivity index (χ4v) is 2.75. The minimum atomic E-state index is -1.04. The molecule has 4 nitrogen and oxygen atoms in total. The van der Waals surface area contributed by atoms with Crippen LogP contribution in [-0.4, -0.2) is 23.5 Å². The molecular weight excluding hydrogens is 238 g/mol. The second kappa shape index (κ2) is 4.55. The summed E-state index contributed by atoms with van der Waals surface area (Å²) >= 11 is 1.38. The average Bonchev–Trinajstić information content (AvgIpc) is 2.64. The fourth-order valence-electron chi connectivity index (χ4n) is 1.63. The van der Waals surface area contributed by atoms with Crippen molar-refractivity contribution in [2.24, 2.45) is 0 Å². The van der Waals surface area contributed by atoms with Crippen molar-refractivity contribution in [2.75, 3.05) is 6.54 Å². The molecule has 1 heterocycles. The molecule has 0 saturated heterocycles. The molecule has 0 aliphatic rings. The number of rotatable bonds is 3. The normalized spacial score (nSPS) is 10.4. The number of aryl methyl sites for hydroxylation is 1. The van der Waals surface area contributed by atoms with Gasteiger partial charge in [0.2, 0.25) is 0 Å². The molecule has 0 unspecified atom stereocenters. The van der Waals surface area contributed by atoms with Crippen LogP contribution >= 0.6 is 11.3 Å². The molecule has 1 aromatic carbocycles. The topological polar surface area (TPSA) is 66.4 Å². The van der Waals surface area contributed by atoms with Gasteiger partial charge in [-0.15, -0.1) is 11.3 Å². The number of carboxylic acid groups (broad SMARTS) is 1. The molecule has 0 bridgehead atoms. The van der Waals surface area contributed by atoms with E-state index in [1.165, 1.54) is 11.3 Å². The molecule has 0 fully saturated rings. The summed E-state index contributed by atoms with van der Waals surface area (Å²) in [5.41, 5.74) is 0.897. The summed E-state index contributed by atoms with van der Waals surface area (Å²) in [6, 6.07) is 7.73. The summed E-state index contributed by atoms with van der Waals surface area (Å²) in [6.45, 7) is 1.51. The molecular formula is C12H11NO3S. The summed E-state index contributed by atoms with van der Waals surface area (Å²) in [7, 11) is 0. The maximum atomic E-state index is 11.8. The zero-order valence-corrected chi connectivity index (χ0v) is 10.0. The minimum Gasteiger partial charge on any atom is -0.480 e. The van der Waals surface area contributed by atoms with Crippen LogP contribution in [0.4, 0.5) is 0 Å². The number of hydrogen-bond donors (Lipinski definition) is 2. The van der Waals surface area contributed by atoms with E-state index in [1.54, 1.807) is 0 Å². The van der Waals surface area contributed by atoms with Crippen LogP contribution in [0.25, 0.3) is 10.1 Å². The van der Waals surface area contributed by atoms with Gasteiger partial charge in [0.15, 0.2) is 0 Å². The Hall–Kier alpha value is -1.88. The fraction of sp³-hybridized carbons (Fsp3) is 0.167. The molecule has 2 aromatic rings. The Bertz CT molecular complexity index is 588. The summed E-state index contributed by atoms with van der Waals surface area (Å²) in [6.07, 6.45) is 0. The lowest BCUT2D eigenvalue weighted by Crippen LogP contribution is -2.28. The van der Waals surface area contributed by atoms with E-state index in [1.807, 2.05) is 31.2 Å². The summed E-state index contributed by atoms with van der Waals surface area (Å²) in [5, 5.41) is 11.9. The zero-order valence-electron chi connectivity index (χ0n) is 9.19. The van der Waals surface area contributed by atoms with Gasteiger partial charge in [-0.1, -0.05) is 18.2 Å².